The zero-order chi connectivity index (χ0) is 15.2. The highest BCUT2D eigenvalue weighted by Gasteiger charge is 2.03. The average molecular weight is 314 g/mol. The van der Waals surface area contributed by atoms with Crippen LogP contribution in [-0.2, 0) is 0 Å². The number of nitrogens with one attached hydrogen (secondary N) is 3. The summed E-state index contributed by atoms with van der Waals surface area (Å²) in [5.74, 6) is 0.782. The summed E-state index contributed by atoms with van der Waals surface area (Å²) in [5, 5.41) is 17.4. The van der Waals surface area contributed by atoms with Gasteiger partial charge >= 0.3 is 6.03 Å². The highest BCUT2D eigenvalue weighted by atomic mass is 32.1. The summed E-state index contributed by atoms with van der Waals surface area (Å²) in [7, 11) is 0. The van der Waals surface area contributed by atoms with E-state index < -0.39 is 0 Å². The quantitative estimate of drug-likeness (QED) is 0.629. The molecule has 8 heteroatoms. The van der Waals surface area contributed by atoms with E-state index in [1.807, 2.05) is 36.4 Å². The molecule has 0 spiro atoms. The maximum absolute atomic E-state index is 11.6. The molecular formula is C14H14N6OS. The van der Waals surface area contributed by atoms with E-state index >= 15 is 0 Å². The topological polar surface area (TPSA) is 91.8 Å². The molecule has 2 aromatic heterocycles. The molecule has 0 bridgehead atoms. The third-order valence-electron chi connectivity index (χ3n) is 2.90. The van der Waals surface area contributed by atoms with Crippen LogP contribution in [0.3, 0.4) is 0 Å². The first-order valence-electron chi connectivity index (χ1n) is 6.72. The van der Waals surface area contributed by atoms with Gasteiger partial charge in [-0.25, -0.2) is 9.78 Å². The van der Waals surface area contributed by atoms with Gasteiger partial charge in [-0.2, -0.15) is 0 Å². The zero-order valence-electron chi connectivity index (χ0n) is 11.6. The molecule has 7 nitrogen and oxygen atoms in total. The lowest BCUT2D eigenvalue weighted by atomic mass is 10.2. The molecule has 2 heterocycles. The van der Waals surface area contributed by atoms with Gasteiger partial charge in [0.25, 0.3) is 0 Å². The van der Waals surface area contributed by atoms with E-state index in [-0.39, 0.29) is 6.03 Å². The number of para-hydroxylation sites is 1. The van der Waals surface area contributed by atoms with Crippen molar-refractivity contribution in [3.8, 4) is 0 Å². The van der Waals surface area contributed by atoms with Crippen molar-refractivity contribution in [1.29, 1.82) is 0 Å². The lowest BCUT2D eigenvalue weighted by molar-refractivity contribution is 0.252. The highest BCUT2D eigenvalue weighted by molar-refractivity contribution is 7.13. The second-order valence-electron chi connectivity index (χ2n) is 4.44. The Morgan fingerprint density at radius 2 is 2.05 bits per heavy atom. The van der Waals surface area contributed by atoms with Crippen molar-refractivity contribution in [3.05, 3.63) is 41.9 Å². The summed E-state index contributed by atoms with van der Waals surface area (Å²) in [6.45, 7) is 1.05. The van der Waals surface area contributed by atoms with Crippen LogP contribution in [0, 0.1) is 0 Å². The maximum Gasteiger partial charge on any atom is 0.321 e. The number of carbonyl (C=O) groups is 1. The molecule has 2 amide bonds. The molecule has 0 aliphatic rings. The molecule has 0 saturated heterocycles. The molecular weight excluding hydrogens is 300 g/mol. The van der Waals surface area contributed by atoms with Crippen LogP contribution in [0.4, 0.5) is 15.7 Å². The molecule has 0 radical (unpaired) electrons. The zero-order valence-corrected chi connectivity index (χ0v) is 12.4. The van der Waals surface area contributed by atoms with E-state index in [1.54, 1.807) is 5.51 Å². The van der Waals surface area contributed by atoms with Crippen LogP contribution in [-0.4, -0.2) is 34.3 Å². The Morgan fingerprint density at radius 1 is 1.14 bits per heavy atom. The molecule has 0 aliphatic carbocycles. The van der Waals surface area contributed by atoms with E-state index in [4.69, 9.17) is 0 Å². The minimum Gasteiger partial charge on any atom is -0.368 e. The van der Waals surface area contributed by atoms with Crippen LogP contribution in [0.25, 0.3) is 10.9 Å². The van der Waals surface area contributed by atoms with Crippen LogP contribution in [0.2, 0.25) is 0 Å². The van der Waals surface area contributed by atoms with Gasteiger partial charge in [-0.05, 0) is 18.2 Å². The van der Waals surface area contributed by atoms with E-state index in [1.165, 1.54) is 11.3 Å². The number of fused-ring (bicyclic) bond motifs is 1. The molecule has 0 atom stereocenters. The Balaban J connectivity index is 1.45. The molecule has 0 fully saturated rings. The largest absolute Gasteiger partial charge is 0.368 e. The molecule has 22 heavy (non-hydrogen) atoms. The minimum absolute atomic E-state index is 0.301. The van der Waals surface area contributed by atoms with E-state index in [0.717, 1.165) is 16.7 Å². The van der Waals surface area contributed by atoms with Crippen molar-refractivity contribution in [1.82, 2.24) is 20.5 Å². The standard InChI is InChI=1S/C14H14N6OS/c21-13(19-14-20-17-9-22-14)16-8-7-15-12-6-5-10-3-1-2-4-11(10)18-12/h1-6,9H,7-8H2,(H,15,18)(H2,16,19,20,21). The van der Waals surface area contributed by atoms with Gasteiger partial charge in [-0.3, -0.25) is 5.32 Å². The van der Waals surface area contributed by atoms with Crippen LogP contribution in [0.15, 0.2) is 41.9 Å². The maximum atomic E-state index is 11.6. The number of nitrogens with zero attached hydrogens (tertiary/aromatic N) is 3. The van der Waals surface area contributed by atoms with Gasteiger partial charge in [0.05, 0.1) is 5.52 Å². The average Bonchev–Trinajstić information content (AvgIpc) is 3.04. The van der Waals surface area contributed by atoms with Gasteiger partial charge in [0.15, 0.2) is 0 Å². The number of hydrogen-bond donors (Lipinski definition) is 3. The number of hydrogen-bond acceptors (Lipinski definition) is 6. The summed E-state index contributed by atoms with van der Waals surface area (Å²) >= 11 is 1.27. The van der Waals surface area contributed by atoms with Crippen molar-refractivity contribution < 1.29 is 4.79 Å². The predicted molar refractivity (Wildman–Crippen MR) is 87.2 cm³/mol. The number of rotatable bonds is 5. The first-order valence-corrected chi connectivity index (χ1v) is 7.60. The Labute approximate surface area is 130 Å². The Bertz CT molecular complexity index is 761. The van der Waals surface area contributed by atoms with Crippen molar-refractivity contribution in [2.45, 2.75) is 0 Å². The van der Waals surface area contributed by atoms with Gasteiger partial charge in [0, 0.05) is 18.5 Å². The number of urea groups is 1. The van der Waals surface area contributed by atoms with Crippen LogP contribution in [0.5, 0.6) is 0 Å². The third-order valence-corrected chi connectivity index (χ3v) is 3.50. The Kier molecular flexibility index (Phi) is 4.40. The normalized spacial score (nSPS) is 10.4. The molecule has 3 N–H and O–H groups in total. The lowest BCUT2D eigenvalue weighted by Gasteiger charge is -2.08. The fraction of sp³-hybridized carbons (Fsp3) is 0.143. The third kappa shape index (κ3) is 3.67. The molecule has 0 unspecified atom stereocenters. The Morgan fingerprint density at radius 3 is 2.91 bits per heavy atom. The van der Waals surface area contributed by atoms with Crippen molar-refractivity contribution >= 4 is 39.2 Å². The fourth-order valence-corrected chi connectivity index (χ4v) is 2.34. The Hall–Kier alpha value is -2.74. The fourth-order valence-electron chi connectivity index (χ4n) is 1.90. The minimum atomic E-state index is -0.301. The van der Waals surface area contributed by atoms with E-state index in [2.05, 4.69) is 31.1 Å². The summed E-state index contributed by atoms with van der Waals surface area (Å²) < 4.78 is 0. The van der Waals surface area contributed by atoms with Crippen LogP contribution in [0.1, 0.15) is 0 Å². The molecule has 0 saturated carbocycles. The number of aromatic nitrogens is 3. The number of pyridine rings is 1. The lowest BCUT2D eigenvalue weighted by Crippen LogP contribution is -2.32. The van der Waals surface area contributed by atoms with E-state index in [9.17, 15) is 4.79 Å². The second kappa shape index (κ2) is 6.81. The van der Waals surface area contributed by atoms with Crippen LogP contribution < -0.4 is 16.0 Å². The number of benzene rings is 1. The summed E-state index contributed by atoms with van der Waals surface area (Å²) in [6, 6.07) is 11.6. The van der Waals surface area contributed by atoms with E-state index in [0.29, 0.717) is 18.2 Å². The van der Waals surface area contributed by atoms with Gasteiger partial charge in [0.2, 0.25) is 5.13 Å². The summed E-state index contributed by atoms with van der Waals surface area (Å²) in [5.41, 5.74) is 2.50. The number of carbonyl (C=O) groups excluding carboxylic acids is 1. The number of anilines is 2. The van der Waals surface area contributed by atoms with Gasteiger partial charge < -0.3 is 10.6 Å². The molecule has 3 rings (SSSR count). The second-order valence-corrected chi connectivity index (χ2v) is 5.27. The number of amides is 2. The monoisotopic (exact) mass is 314 g/mol. The van der Waals surface area contributed by atoms with Crippen molar-refractivity contribution in [2.75, 3.05) is 23.7 Å². The van der Waals surface area contributed by atoms with Crippen molar-refractivity contribution in [3.63, 3.8) is 0 Å². The first kappa shape index (κ1) is 14.2. The highest BCUT2D eigenvalue weighted by Crippen LogP contribution is 2.14. The van der Waals surface area contributed by atoms with Gasteiger partial charge in [0.1, 0.15) is 11.3 Å². The smallest absolute Gasteiger partial charge is 0.321 e. The predicted octanol–water partition coefficient (Wildman–Crippen LogP) is 2.32. The van der Waals surface area contributed by atoms with Gasteiger partial charge in [-0.15, -0.1) is 10.2 Å². The summed E-state index contributed by atoms with van der Waals surface area (Å²) in [4.78, 5) is 16.1. The van der Waals surface area contributed by atoms with Crippen molar-refractivity contribution in [2.24, 2.45) is 0 Å². The van der Waals surface area contributed by atoms with Crippen LogP contribution >= 0.6 is 11.3 Å². The SMILES string of the molecule is O=C(NCCNc1ccc2ccccc2n1)Nc1nncs1. The molecule has 3 aromatic rings. The molecule has 0 aliphatic heterocycles. The van der Waals surface area contributed by atoms with Gasteiger partial charge in [-0.1, -0.05) is 29.5 Å². The summed E-state index contributed by atoms with van der Waals surface area (Å²) in [6.07, 6.45) is 0. The first-order chi connectivity index (χ1) is 10.8. The molecule has 112 valence electrons. The molecule has 1 aromatic carbocycles.